The highest BCUT2D eigenvalue weighted by molar-refractivity contribution is 9.10. The Morgan fingerprint density at radius 1 is 0.947 bits per heavy atom. The van der Waals surface area contributed by atoms with Gasteiger partial charge in [0.25, 0.3) is 0 Å². The maximum atomic E-state index is 9.30. The fraction of sp³-hybridized carbons (Fsp3) is 0.250. The van der Waals surface area contributed by atoms with E-state index in [4.69, 9.17) is 0 Å². The highest BCUT2D eigenvalue weighted by atomic mass is 79.9. The van der Waals surface area contributed by atoms with Gasteiger partial charge < -0.3 is 10.4 Å². The van der Waals surface area contributed by atoms with E-state index in [-0.39, 0.29) is 12.1 Å². The lowest BCUT2D eigenvalue weighted by molar-refractivity contribution is 0.472. The van der Waals surface area contributed by atoms with Gasteiger partial charge in [-0.3, -0.25) is 0 Å². The van der Waals surface area contributed by atoms with Crippen molar-refractivity contribution in [1.82, 2.24) is 5.32 Å². The van der Waals surface area contributed by atoms with Crippen LogP contribution >= 0.6 is 15.9 Å². The summed E-state index contributed by atoms with van der Waals surface area (Å²) in [4.78, 5) is 0. The third-order valence-corrected chi connectivity index (χ3v) is 3.74. The zero-order valence-electron chi connectivity index (χ0n) is 11.1. The first-order chi connectivity index (χ1) is 9.06. The maximum absolute atomic E-state index is 9.30. The molecule has 19 heavy (non-hydrogen) atoms. The second-order valence-corrected chi connectivity index (χ2v) is 5.67. The molecule has 100 valence electrons. The average molecular weight is 320 g/mol. The minimum absolute atomic E-state index is 0.231. The van der Waals surface area contributed by atoms with Crippen LogP contribution in [0.2, 0.25) is 0 Å². The van der Waals surface area contributed by atoms with E-state index in [0.29, 0.717) is 5.75 Å². The van der Waals surface area contributed by atoms with E-state index in [9.17, 15) is 5.11 Å². The van der Waals surface area contributed by atoms with E-state index in [0.717, 1.165) is 4.47 Å². The summed E-state index contributed by atoms with van der Waals surface area (Å²) in [5.74, 6) is 0.302. The van der Waals surface area contributed by atoms with Gasteiger partial charge in [0.05, 0.1) is 0 Å². The van der Waals surface area contributed by atoms with Crippen molar-refractivity contribution in [2.75, 3.05) is 0 Å². The van der Waals surface area contributed by atoms with Crippen LogP contribution in [0.15, 0.2) is 53.0 Å². The highest BCUT2D eigenvalue weighted by Gasteiger charge is 2.11. The van der Waals surface area contributed by atoms with Crippen molar-refractivity contribution >= 4 is 15.9 Å². The lowest BCUT2D eigenvalue weighted by atomic mass is 10.0. The molecule has 0 fully saturated rings. The molecular formula is C16H18BrNO. The SMILES string of the molecule is CC(N[C@@H](C)c1cccc(Br)c1)c1ccc(O)cc1. The van der Waals surface area contributed by atoms with Crippen LogP contribution < -0.4 is 5.32 Å². The summed E-state index contributed by atoms with van der Waals surface area (Å²) in [5, 5.41) is 12.9. The van der Waals surface area contributed by atoms with Crippen LogP contribution in [0.25, 0.3) is 0 Å². The summed E-state index contributed by atoms with van der Waals surface area (Å²) in [6.07, 6.45) is 0. The number of benzene rings is 2. The molecule has 2 atom stereocenters. The molecule has 2 nitrogen and oxygen atoms in total. The Bertz CT molecular complexity index is 539. The van der Waals surface area contributed by atoms with E-state index in [1.54, 1.807) is 12.1 Å². The van der Waals surface area contributed by atoms with Crippen LogP contribution in [0.4, 0.5) is 0 Å². The Balaban J connectivity index is 2.06. The predicted octanol–water partition coefficient (Wildman–Crippen LogP) is 4.57. The third-order valence-electron chi connectivity index (χ3n) is 3.24. The molecular weight excluding hydrogens is 302 g/mol. The van der Waals surface area contributed by atoms with Gasteiger partial charge in [0, 0.05) is 16.6 Å². The van der Waals surface area contributed by atoms with Crippen molar-refractivity contribution in [3.63, 3.8) is 0 Å². The van der Waals surface area contributed by atoms with E-state index < -0.39 is 0 Å². The van der Waals surface area contributed by atoms with Crippen molar-refractivity contribution in [3.05, 3.63) is 64.1 Å². The van der Waals surface area contributed by atoms with Gasteiger partial charge in [0.15, 0.2) is 0 Å². The Morgan fingerprint density at radius 2 is 1.58 bits per heavy atom. The molecule has 2 rings (SSSR count). The molecule has 0 heterocycles. The van der Waals surface area contributed by atoms with E-state index >= 15 is 0 Å². The number of hydrogen-bond acceptors (Lipinski definition) is 2. The molecule has 3 heteroatoms. The molecule has 0 aliphatic rings. The zero-order chi connectivity index (χ0) is 13.8. The number of phenols is 1. The second kappa shape index (κ2) is 6.22. The smallest absolute Gasteiger partial charge is 0.115 e. The Kier molecular flexibility index (Phi) is 4.61. The molecule has 0 aliphatic heterocycles. The summed E-state index contributed by atoms with van der Waals surface area (Å²) in [5.41, 5.74) is 2.42. The standard InChI is InChI=1S/C16H18BrNO/c1-11(13-6-8-16(19)9-7-13)18-12(2)14-4-3-5-15(17)10-14/h3-12,18-19H,1-2H3/t11?,12-/m0/s1. The molecule has 0 amide bonds. The molecule has 0 saturated carbocycles. The first kappa shape index (κ1) is 14.1. The van der Waals surface area contributed by atoms with E-state index in [1.807, 2.05) is 24.3 Å². The van der Waals surface area contributed by atoms with Gasteiger partial charge >= 0.3 is 0 Å². The zero-order valence-corrected chi connectivity index (χ0v) is 12.7. The molecule has 1 unspecified atom stereocenters. The van der Waals surface area contributed by atoms with Crippen LogP contribution in [0.1, 0.15) is 37.1 Å². The second-order valence-electron chi connectivity index (χ2n) is 4.76. The average Bonchev–Trinajstić information content (AvgIpc) is 2.39. The minimum atomic E-state index is 0.231. The summed E-state index contributed by atoms with van der Waals surface area (Å²) < 4.78 is 1.09. The number of rotatable bonds is 4. The number of hydrogen-bond donors (Lipinski definition) is 2. The summed E-state index contributed by atoms with van der Waals surface area (Å²) in [6.45, 7) is 4.28. The van der Waals surface area contributed by atoms with Crippen LogP contribution in [0, 0.1) is 0 Å². The van der Waals surface area contributed by atoms with Crippen LogP contribution in [0.3, 0.4) is 0 Å². The first-order valence-corrected chi connectivity index (χ1v) is 7.16. The van der Waals surface area contributed by atoms with Gasteiger partial charge in [-0.1, -0.05) is 40.2 Å². The van der Waals surface area contributed by atoms with Crippen LogP contribution in [0.5, 0.6) is 5.75 Å². The fourth-order valence-electron chi connectivity index (χ4n) is 2.11. The first-order valence-electron chi connectivity index (χ1n) is 6.36. The molecule has 0 radical (unpaired) electrons. The minimum Gasteiger partial charge on any atom is -0.508 e. The van der Waals surface area contributed by atoms with E-state index in [1.165, 1.54) is 11.1 Å². The molecule has 2 N–H and O–H groups in total. The Hall–Kier alpha value is -1.32. The third kappa shape index (κ3) is 3.82. The highest BCUT2D eigenvalue weighted by Crippen LogP contribution is 2.22. The van der Waals surface area contributed by atoms with Crippen molar-refractivity contribution in [1.29, 1.82) is 0 Å². The quantitative estimate of drug-likeness (QED) is 0.865. The summed E-state index contributed by atoms with van der Waals surface area (Å²) >= 11 is 3.49. The number of aromatic hydroxyl groups is 1. The predicted molar refractivity (Wildman–Crippen MR) is 82.2 cm³/mol. The number of nitrogens with one attached hydrogen (secondary N) is 1. The largest absolute Gasteiger partial charge is 0.508 e. The van der Waals surface area contributed by atoms with Gasteiger partial charge in [0.1, 0.15) is 5.75 Å². The fourth-order valence-corrected chi connectivity index (χ4v) is 2.52. The van der Waals surface area contributed by atoms with Gasteiger partial charge in [-0.15, -0.1) is 0 Å². The number of halogens is 1. The Morgan fingerprint density at radius 3 is 2.21 bits per heavy atom. The molecule has 0 aromatic heterocycles. The van der Waals surface area contributed by atoms with Crippen LogP contribution in [-0.2, 0) is 0 Å². The molecule has 0 bridgehead atoms. The molecule has 0 spiro atoms. The lowest BCUT2D eigenvalue weighted by Crippen LogP contribution is -2.22. The molecule has 0 saturated heterocycles. The Labute approximate surface area is 122 Å². The molecule has 0 aliphatic carbocycles. The van der Waals surface area contributed by atoms with Gasteiger partial charge in [-0.05, 0) is 49.2 Å². The topological polar surface area (TPSA) is 32.3 Å². The summed E-state index contributed by atoms with van der Waals surface area (Å²) in [7, 11) is 0. The van der Waals surface area contributed by atoms with Gasteiger partial charge in [0.2, 0.25) is 0 Å². The molecule has 2 aromatic carbocycles. The van der Waals surface area contributed by atoms with Crippen molar-refractivity contribution in [3.8, 4) is 5.75 Å². The summed E-state index contributed by atoms with van der Waals surface area (Å²) in [6, 6.07) is 16.1. The van der Waals surface area contributed by atoms with E-state index in [2.05, 4.69) is 47.2 Å². The number of phenolic OH excluding ortho intramolecular Hbond substituents is 1. The van der Waals surface area contributed by atoms with Gasteiger partial charge in [-0.2, -0.15) is 0 Å². The maximum Gasteiger partial charge on any atom is 0.115 e. The van der Waals surface area contributed by atoms with Crippen molar-refractivity contribution < 1.29 is 5.11 Å². The van der Waals surface area contributed by atoms with Crippen molar-refractivity contribution in [2.24, 2.45) is 0 Å². The van der Waals surface area contributed by atoms with Gasteiger partial charge in [-0.25, -0.2) is 0 Å². The van der Waals surface area contributed by atoms with Crippen LogP contribution in [-0.4, -0.2) is 5.11 Å². The van der Waals surface area contributed by atoms with Crippen molar-refractivity contribution in [2.45, 2.75) is 25.9 Å². The lowest BCUT2D eigenvalue weighted by Gasteiger charge is -2.21. The monoisotopic (exact) mass is 319 g/mol. The molecule has 2 aromatic rings. The normalized spacial score (nSPS) is 14.1.